The fourth-order valence-corrected chi connectivity index (χ4v) is 3.83. The molecule has 1 aromatic carbocycles. The Labute approximate surface area is 118 Å². The van der Waals surface area contributed by atoms with Crippen LogP contribution < -0.4 is 5.32 Å². The molecule has 0 radical (unpaired) electrons. The van der Waals surface area contributed by atoms with E-state index in [1.807, 2.05) is 6.07 Å². The Morgan fingerprint density at radius 1 is 1.42 bits per heavy atom. The van der Waals surface area contributed by atoms with E-state index in [9.17, 15) is 4.39 Å². The van der Waals surface area contributed by atoms with Crippen molar-refractivity contribution in [2.24, 2.45) is 11.8 Å². The monoisotopic (exact) mass is 282 g/mol. The van der Waals surface area contributed by atoms with Gasteiger partial charge in [0, 0.05) is 25.2 Å². The standard InChI is InChI=1S/C15H20ClFN2/c1-15(2)12-7-18-6-11(12)9-19(15)8-10-3-4-14(17)13(16)5-10/h3-5,11-12,18H,6-9H2,1-2H3. The Morgan fingerprint density at radius 3 is 2.89 bits per heavy atom. The number of nitrogens with one attached hydrogen (secondary N) is 1. The summed E-state index contributed by atoms with van der Waals surface area (Å²) >= 11 is 5.86. The van der Waals surface area contributed by atoms with Crippen LogP contribution in [0.5, 0.6) is 0 Å². The molecule has 2 nitrogen and oxygen atoms in total. The van der Waals surface area contributed by atoms with Crippen molar-refractivity contribution in [2.45, 2.75) is 25.9 Å². The van der Waals surface area contributed by atoms with Gasteiger partial charge >= 0.3 is 0 Å². The van der Waals surface area contributed by atoms with Gasteiger partial charge in [-0.2, -0.15) is 0 Å². The predicted octanol–water partition coefficient (Wildman–Crippen LogP) is 2.91. The summed E-state index contributed by atoms with van der Waals surface area (Å²) < 4.78 is 13.2. The Bertz CT molecular complexity index is 489. The molecule has 3 rings (SSSR count). The summed E-state index contributed by atoms with van der Waals surface area (Å²) in [5, 5.41) is 3.70. The molecule has 2 unspecified atom stereocenters. The van der Waals surface area contributed by atoms with Crippen molar-refractivity contribution in [1.82, 2.24) is 10.2 Å². The molecule has 0 spiro atoms. The van der Waals surface area contributed by atoms with Crippen LogP contribution in [0.1, 0.15) is 19.4 Å². The van der Waals surface area contributed by atoms with Crippen molar-refractivity contribution in [1.29, 1.82) is 0 Å². The lowest BCUT2D eigenvalue weighted by Gasteiger charge is -2.35. The number of hydrogen-bond donors (Lipinski definition) is 1. The highest BCUT2D eigenvalue weighted by Gasteiger charge is 2.49. The van der Waals surface area contributed by atoms with Gasteiger partial charge in [-0.15, -0.1) is 0 Å². The minimum atomic E-state index is -0.341. The lowest BCUT2D eigenvalue weighted by Crippen LogP contribution is -2.43. The summed E-state index contributed by atoms with van der Waals surface area (Å²) in [6, 6.07) is 5.05. The third kappa shape index (κ3) is 2.28. The van der Waals surface area contributed by atoms with E-state index >= 15 is 0 Å². The fourth-order valence-electron chi connectivity index (χ4n) is 3.63. The molecule has 4 heteroatoms. The first kappa shape index (κ1) is 13.3. The van der Waals surface area contributed by atoms with E-state index in [0.717, 1.165) is 37.7 Å². The average molecular weight is 283 g/mol. The number of likely N-dealkylation sites (tertiary alicyclic amines) is 1. The molecule has 2 aliphatic rings. The number of benzene rings is 1. The molecular formula is C15H20ClFN2. The zero-order valence-electron chi connectivity index (χ0n) is 11.4. The Balaban J connectivity index is 1.78. The summed E-state index contributed by atoms with van der Waals surface area (Å²) in [6.45, 7) is 8.82. The third-order valence-corrected chi connectivity index (χ3v) is 5.16. The van der Waals surface area contributed by atoms with Crippen LogP contribution in [0.4, 0.5) is 4.39 Å². The van der Waals surface area contributed by atoms with E-state index in [4.69, 9.17) is 11.6 Å². The van der Waals surface area contributed by atoms with Crippen molar-refractivity contribution < 1.29 is 4.39 Å². The topological polar surface area (TPSA) is 15.3 Å². The Hall–Kier alpha value is -0.640. The molecule has 104 valence electrons. The first-order valence-electron chi connectivity index (χ1n) is 6.88. The smallest absolute Gasteiger partial charge is 0.141 e. The zero-order valence-corrected chi connectivity index (χ0v) is 12.2. The normalized spacial score (nSPS) is 29.7. The SMILES string of the molecule is CC1(C)C2CNCC2CN1Cc1ccc(F)c(Cl)c1. The van der Waals surface area contributed by atoms with Gasteiger partial charge < -0.3 is 5.32 Å². The predicted molar refractivity (Wildman–Crippen MR) is 75.7 cm³/mol. The van der Waals surface area contributed by atoms with Crippen LogP contribution in [0.2, 0.25) is 5.02 Å². The second kappa shape index (κ2) is 4.72. The van der Waals surface area contributed by atoms with E-state index in [1.165, 1.54) is 6.07 Å². The summed E-state index contributed by atoms with van der Waals surface area (Å²) in [7, 11) is 0. The van der Waals surface area contributed by atoms with Gasteiger partial charge in [-0.1, -0.05) is 17.7 Å². The van der Waals surface area contributed by atoms with E-state index in [0.29, 0.717) is 5.92 Å². The second-order valence-electron chi connectivity index (χ2n) is 6.31. The number of halogens is 2. The van der Waals surface area contributed by atoms with Gasteiger partial charge in [-0.3, -0.25) is 4.90 Å². The Morgan fingerprint density at radius 2 is 2.21 bits per heavy atom. The third-order valence-electron chi connectivity index (χ3n) is 4.87. The molecule has 19 heavy (non-hydrogen) atoms. The first-order chi connectivity index (χ1) is 8.98. The Kier molecular flexibility index (Phi) is 3.32. The van der Waals surface area contributed by atoms with Gasteiger partial charge in [0.15, 0.2) is 0 Å². The highest BCUT2D eigenvalue weighted by molar-refractivity contribution is 6.30. The van der Waals surface area contributed by atoms with Gasteiger partial charge in [0.2, 0.25) is 0 Å². The van der Waals surface area contributed by atoms with Crippen molar-refractivity contribution in [2.75, 3.05) is 19.6 Å². The quantitative estimate of drug-likeness (QED) is 0.897. The molecule has 2 heterocycles. The minimum absolute atomic E-state index is 0.190. The number of rotatable bonds is 2. The van der Waals surface area contributed by atoms with Gasteiger partial charge in [0.05, 0.1) is 5.02 Å². The van der Waals surface area contributed by atoms with Crippen molar-refractivity contribution in [3.8, 4) is 0 Å². The summed E-state index contributed by atoms with van der Waals surface area (Å²) in [5.41, 5.74) is 1.28. The van der Waals surface area contributed by atoms with E-state index in [1.54, 1.807) is 6.07 Å². The minimum Gasteiger partial charge on any atom is -0.316 e. The highest BCUT2D eigenvalue weighted by Crippen LogP contribution is 2.41. The number of fused-ring (bicyclic) bond motifs is 1. The molecule has 2 saturated heterocycles. The van der Waals surface area contributed by atoms with Crippen LogP contribution in [-0.2, 0) is 6.54 Å². The van der Waals surface area contributed by atoms with Crippen LogP contribution in [0.25, 0.3) is 0 Å². The van der Waals surface area contributed by atoms with Gasteiger partial charge in [-0.05, 0) is 49.9 Å². The molecule has 2 fully saturated rings. The molecule has 1 N–H and O–H groups in total. The van der Waals surface area contributed by atoms with Crippen LogP contribution in [0.15, 0.2) is 18.2 Å². The summed E-state index contributed by atoms with van der Waals surface area (Å²) in [6.07, 6.45) is 0. The molecule has 1 aromatic rings. The molecule has 0 aromatic heterocycles. The lowest BCUT2D eigenvalue weighted by molar-refractivity contribution is 0.132. The first-order valence-corrected chi connectivity index (χ1v) is 7.26. The van der Waals surface area contributed by atoms with E-state index < -0.39 is 0 Å². The van der Waals surface area contributed by atoms with Crippen molar-refractivity contribution in [3.63, 3.8) is 0 Å². The largest absolute Gasteiger partial charge is 0.316 e. The molecule has 0 amide bonds. The molecule has 0 bridgehead atoms. The van der Waals surface area contributed by atoms with Gasteiger partial charge in [0.1, 0.15) is 5.82 Å². The van der Waals surface area contributed by atoms with Crippen molar-refractivity contribution >= 4 is 11.6 Å². The van der Waals surface area contributed by atoms with Gasteiger partial charge in [-0.25, -0.2) is 4.39 Å². The van der Waals surface area contributed by atoms with Crippen LogP contribution in [0, 0.1) is 17.7 Å². The zero-order chi connectivity index (χ0) is 13.6. The maximum absolute atomic E-state index is 13.2. The summed E-state index contributed by atoms with van der Waals surface area (Å²) in [5.74, 6) is 1.11. The number of nitrogens with zero attached hydrogens (tertiary/aromatic N) is 1. The van der Waals surface area contributed by atoms with Crippen LogP contribution >= 0.6 is 11.6 Å². The van der Waals surface area contributed by atoms with Crippen LogP contribution in [-0.4, -0.2) is 30.1 Å². The molecule has 0 saturated carbocycles. The van der Waals surface area contributed by atoms with E-state index in [-0.39, 0.29) is 16.4 Å². The number of hydrogen-bond acceptors (Lipinski definition) is 2. The fraction of sp³-hybridized carbons (Fsp3) is 0.600. The van der Waals surface area contributed by atoms with E-state index in [2.05, 4.69) is 24.1 Å². The molecule has 2 atom stereocenters. The molecular weight excluding hydrogens is 263 g/mol. The van der Waals surface area contributed by atoms with Crippen LogP contribution in [0.3, 0.4) is 0 Å². The van der Waals surface area contributed by atoms with Crippen molar-refractivity contribution in [3.05, 3.63) is 34.6 Å². The summed E-state index contributed by atoms with van der Waals surface area (Å²) in [4.78, 5) is 2.51. The average Bonchev–Trinajstić information content (AvgIpc) is 2.89. The molecule has 0 aliphatic carbocycles. The molecule has 2 aliphatic heterocycles. The second-order valence-corrected chi connectivity index (χ2v) is 6.71. The van der Waals surface area contributed by atoms with Gasteiger partial charge in [0.25, 0.3) is 0 Å². The highest BCUT2D eigenvalue weighted by atomic mass is 35.5. The maximum atomic E-state index is 13.2. The maximum Gasteiger partial charge on any atom is 0.141 e. The lowest BCUT2D eigenvalue weighted by atomic mass is 9.85.